The Morgan fingerprint density at radius 3 is 1.85 bits per heavy atom. The molecule has 0 bridgehead atoms. The van der Waals surface area contributed by atoms with E-state index < -0.39 is 75.2 Å². The van der Waals surface area contributed by atoms with Gasteiger partial charge in [-0.2, -0.15) is 0 Å². The summed E-state index contributed by atoms with van der Waals surface area (Å²) in [4.78, 5) is 23.1. The van der Waals surface area contributed by atoms with Gasteiger partial charge < -0.3 is 46.0 Å². The Balaban J connectivity index is 2.78. The van der Waals surface area contributed by atoms with E-state index in [0.717, 1.165) is 57.8 Å². The van der Waals surface area contributed by atoms with E-state index >= 15 is 0 Å². The third-order valence-corrected chi connectivity index (χ3v) is 8.93. The number of aliphatic hydroxyl groups is 7. The van der Waals surface area contributed by atoms with Crippen LogP contribution in [0.4, 0.5) is 0 Å². The van der Waals surface area contributed by atoms with Gasteiger partial charge in [0.1, 0.15) is 36.6 Å². The zero-order valence-corrected chi connectivity index (χ0v) is 28.8. The lowest BCUT2D eigenvalue weighted by Gasteiger charge is -2.41. The molecule has 0 spiro atoms. The Labute approximate surface area is 279 Å². The lowest BCUT2D eigenvalue weighted by molar-refractivity contribution is -0.220. The fraction of sp³-hybridized carbons (Fsp3) is 0.788. The smallest absolute Gasteiger partial charge is 0.393 e. The molecule has 0 saturated heterocycles. The first-order valence-electron chi connectivity index (χ1n) is 17.0. The predicted molar refractivity (Wildman–Crippen MR) is 178 cm³/mol. The number of unbranched alkanes of at least 4 members (excludes halogenated alkanes) is 8. The van der Waals surface area contributed by atoms with Gasteiger partial charge in [-0.3, -0.25) is 13.8 Å². The zero-order valence-electron chi connectivity index (χ0n) is 27.9. The van der Waals surface area contributed by atoms with Gasteiger partial charge in [-0.15, -0.1) is 0 Å². The molecule has 8 atom stereocenters. The lowest BCUT2D eigenvalue weighted by Crippen LogP contribution is -2.64. The Kier molecular flexibility index (Phi) is 22.8. The van der Waals surface area contributed by atoms with Crippen molar-refractivity contribution in [1.82, 2.24) is 5.32 Å². The molecule has 47 heavy (non-hydrogen) atoms. The minimum Gasteiger partial charge on any atom is -0.393 e. The maximum absolute atomic E-state index is 12.8. The van der Waals surface area contributed by atoms with Crippen LogP contribution in [0.2, 0.25) is 0 Å². The standard InChI is InChI=1S/C33H60NO12P/c1-3-5-7-9-11-13-15-17-19-21-26(36)25(34-27(37)22-24(35)20-18-16-14-12-10-8-6-4-2)23-45-47(43,44)46-33-31(41)29(39)28(38)30(40)32(33)42/h10-13,19,21,24-26,28-33,35-36,38-42H,3-9,14-18,20,22-23H2,1-2H3,(H,34,37)(H,43,44)/b12-10-,13-11+,21-19+. The molecule has 1 amide bonds. The number of carbonyl (C=O) groups excluding carboxylic acids is 1. The number of nitrogens with one attached hydrogen (secondary N) is 1. The van der Waals surface area contributed by atoms with Crippen LogP contribution in [-0.4, -0.2) is 108 Å². The third kappa shape index (κ3) is 18.2. The molecule has 8 unspecified atom stereocenters. The largest absolute Gasteiger partial charge is 0.472 e. The fourth-order valence-electron chi connectivity index (χ4n) is 5.00. The van der Waals surface area contributed by atoms with Gasteiger partial charge in [0, 0.05) is 0 Å². The van der Waals surface area contributed by atoms with Crippen LogP contribution in [-0.2, 0) is 18.4 Å². The first kappa shape index (κ1) is 43.5. The van der Waals surface area contributed by atoms with Gasteiger partial charge in [0.2, 0.25) is 5.91 Å². The minimum absolute atomic E-state index is 0.270. The summed E-state index contributed by atoms with van der Waals surface area (Å²) in [5.41, 5.74) is 0. The highest BCUT2D eigenvalue weighted by molar-refractivity contribution is 7.47. The molecule has 13 nitrogen and oxygen atoms in total. The molecule has 1 aliphatic rings. The van der Waals surface area contributed by atoms with E-state index in [4.69, 9.17) is 9.05 Å². The molecule has 0 heterocycles. The Hall–Kier alpha value is -1.48. The number of hydrogen-bond donors (Lipinski definition) is 9. The second-order valence-corrected chi connectivity index (χ2v) is 13.6. The summed E-state index contributed by atoms with van der Waals surface area (Å²) in [6, 6.07) is -1.26. The summed E-state index contributed by atoms with van der Waals surface area (Å²) in [6.07, 6.45) is 8.84. The summed E-state index contributed by atoms with van der Waals surface area (Å²) in [6.45, 7) is 3.52. The molecular weight excluding hydrogens is 633 g/mol. The molecule has 1 rings (SSSR count). The van der Waals surface area contributed by atoms with E-state index in [9.17, 15) is 50.0 Å². The number of allylic oxidation sites excluding steroid dienone is 5. The van der Waals surface area contributed by atoms with Crippen LogP contribution in [0, 0.1) is 0 Å². The van der Waals surface area contributed by atoms with Gasteiger partial charge in [0.25, 0.3) is 0 Å². The van der Waals surface area contributed by atoms with E-state index in [-0.39, 0.29) is 6.42 Å². The Morgan fingerprint density at radius 1 is 0.745 bits per heavy atom. The number of amides is 1. The van der Waals surface area contributed by atoms with Crippen molar-refractivity contribution in [3.63, 3.8) is 0 Å². The van der Waals surface area contributed by atoms with E-state index in [1.54, 1.807) is 6.08 Å². The van der Waals surface area contributed by atoms with Gasteiger partial charge in [-0.1, -0.05) is 82.4 Å². The van der Waals surface area contributed by atoms with E-state index in [2.05, 4.69) is 37.4 Å². The average Bonchev–Trinajstić information content (AvgIpc) is 3.03. The molecule has 9 N–H and O–H groups in total. The monoisotopic (exact) mass is 693 g/mol. The molecule has 0 aromatic carbocycles. The minimum atomic E-state index is -5.13. The van der Waals surface area contributed by atoms with Crippen LogP contribution in [0.15, 0.2) is 36.5 Å². The maximum Gasteiger partial charge on any atom is 0.472 e. The molecule has 1 saturated carbocycles. The summed E-state index contributed by atoms with van der Waals surface area (Å²) in [5, 5.41) is 73.5. The first-order valence-corrected chi connectivity index (χ1v) is 18.5. The van der Waals surface area contributed by atoms with Crippen molar-refractivity contribution in [2.45, 2.75) is 159 Å². The number of hydrogen-bond acceptors (Lipinski definition) is 11. The van der Waals surface area contributed by atoms with Crippen LogP contribution in [0.3, 0.4) is 0 Å². The van der Waals surface area contributed by atoms with Crippen LogP contribution in [0.1, 0.15) is 104 Å². The molecule has 0 aliphatic heterocycles. The van der Waals surface area contributed by atoms with Gasteiger partial charge >= 0.3 is 7.82 Å². The molecule has 14 heteroatoms. The Morgan fingerprint density at radius 2 is 1.26 bits per heavy atom. The SMILES string of the molecule is CCCC/C=C\CCCCC(O)CC(=O)NC(COP(=O)(O)OC1C(O)C(O)C(O)C(O)C1O)C(O)/C=C/CC/C=C/CCCCC. The van der Waals surface area contributed by atoms with Gasteiger partial charge in [0.15, 0.2) is 0 Å². The highest BCUT2D eigenvalue weighted by atomic mass is 31.2. The van der Waals surface area contributed by atoms with Crippen molar-refractivity contribution in [3.05, 3.63) is 36.5 Å². The average molecular weight is 694 g/mol. The van der Waals surface area contributed by atoms with Crippen LogP contribution in [0.25, 0.3) is 0 Å². The predicted octanol–water partition coefficient (Wildman–Crippen LogP) is 2.68. The summed E-state index contributed by atoms with van der Waals surface area (Å²) in [7, 11) is -5.13. The van der Waals surface area contributed by atoms with Crippen molar-refractivity contribution < 1.29 is 59.0 Å². The van der Waals surface area contributed by atoms with Crippen molar-refractivity contribution in [1.29, 1.82) is 0 Å². The van der Waals surface area contributed by atoms with E-state index in [1.807, 2.05) is 6.08 Å². The maximum atomic E-state index is 12.8. The molecular formula is C33H60NO12P. The van der Waals surface area contributed by atoms with Gasteiger partial charge in [0.05, 0.1) is 31.3 Å². The highest BCUT2D eigenvalue weighted by Crippen LogP contribution is 2.47. The normalized spacial score (nSPS) is 26.9. The van der Waals surface area contributed by atoms with Crippen molar-refractivity contribution >= 4 is 13.7 Å². The quantitative estimate of drug-likeness (QED) is 0.0382. The fourth-order valence-corrected chi connectivity index (χ4v) is 5.96. The zero-order chi connectivity index (χ0) is 35.2. The first-order chi connectivity index (χ1) is 22.3. The van der Waals surface area contributed by atoms with Gasteiger partial charge in [-0.05, 0) is 51.4 Å². The van der Waals surface area contributed by atoms with Crippen molar-refractivity contribution in [3.8, 4) is 0 Å². The number of phosphoric ester groups is 1. The van der Waals surface area contributed by atoms with Crippen LogP contribution in [0.5, 0.6) is 0 Å². The van der Waals surface area contributed by atoms with Crippen LogP contribution < -0.4 is 5.32 Å². The molecule has 274 valence electrons. The summed E-state index contributed by atoms with van der Waals surface area (Å²) < 4.78 is 22.6. The third-order valence-electron chi connectivity index (χ3n) is 7.95. The molecule has 0 aromatic heterocycles. The number of rotatable bonds is 25. The Bertz CT molecular complexity index is 963. The van der Waals surface area contributed by atoms with E-state index in [1.165, 1.54) is 12.5 Å². The second kappa shape index (κ2) is 24.6. The lowest BCUT2D eigenvalue weighted by atomic mass is 9.85. The molecule has 0 aromatic rings. The van der Waals surface area contributed by atoms with Crippen molar-refractivity contribution in [2.75, 3.05) is 6.61 Å². The second-order valence-electron chi connectivity index (χ2n) is 12.2. The molecule has 1 aliphatic carbocycles. The van der Waals surface area contributed by atoms with Crippen LogP contribution >= 0.6 is 7.82 Å². The van der Waals surface area contributed by atoms with E-state index in [0.29, 0.717) is 19.3 Å². The number of phosphoric acid groups is 1. The number of aliphatic hydroxyl groups excluding tert-OH is 7. The van der Waals surface area contributed by atoms with Crippen molar-refractivity contribution in [2.24, 2.45) is 0 Å². The molecule has 1 fully saturated rings. The summed E-state index contributed by atoms with van der Waals surface area (Å²) >= 11 is 0. The topological polar surface area (TPSA) is 226 Å². The van der Waals surface area contributed by atoms with Gasteiger partial charge in [-0.25, -0.2) is 4.57 Å². The highest BCUT2D eigenvalue weighted by Gasteiger charge is 2.51. The summed E-state index contributed by atoms with van der Waals surface area (Å²) in [5.74, 6) is -0.625. The molecule has 0 radical (unpaired) electrons. The number of carbonyl (C=O) groups is 1.